The number of benzene rings is 1. The fraction of sp³-hybridized carbons (Fsp3) is 0.350. The van der Waals surface area contributed by atoms with Crippen LogP contribution in [0.25, 0.3) is 5.65 Å². The first-order valence-electron chi connectivity index (χ1n) is 9.47. The second-order valence-electron chi connectivity index (χ2n) is 7.24. The summed E-state index contributed by atoms with van der Waals surface area (Å²) in [6.07, 6.45) is 9.54. The molecular weight excluding hydrogens is 340 g/mol. The molecule has 0 saturated carbocycles. The maximum Gasteiger partial charge on any atom is 0.157 e. The molecule has 0 bridgehead atoms. The maximum absolute atomic E-state index is 9.14. The zero-order valence-electron chi connectivity index (χ0n) is 15.0. The van der Waals surface area contributed by atoms with Gasteiger partial charge in [-0.1, -0.05) is 11.2 Å². The lowest BCUT2D eigenvalue weighted by Crippen LogP contribution is -2.28. The zero-order chi connectivity index (χ0) is 18.2. The molecule has 7 nitrogen and oxygen atoms in total. The Morgan fingerprint density at radius 2 is 2.26 bits per heavy atom. The summed E-state index contributed by atoms with van der Waals surface area (Å²) in [5.41, 5.74) is 6.00. The number of fused-ring (bicyclic) bond motifs is 2. The molecule has 138 valence electrons. The van der Waals surface area contributed by atoms with Crippen molar-refractivity contribution < 1.29 is 5.21 Å². The van der Waals surface area contributed by atoms with Crippen molar-refractivity contribution >= 4 is 22.9 Å². The molecule has 1 unspecified atom stereocenters. The highest BCUT2D eigenvalue weighted by molar-refractivity contribution is 6.04. The third-order valence-electron chi connectivity index (χ3n) is 5.57. The van der Waals surface area contributed by atoms with Gasteiger partial charge in [0.2, 0.25) is 0 Å². The van der Waals surface area contributed by atoms with Crippen LogP contribution < -0.4 is 10.6 Å². The van der Waals surface area contributed by atoms with Crippen LogP contribution >= 0.6 is 0 Å². The molecule has 3 heterocycles. The molecule has 0 spiro atoms. The van der Waals surface area contributed by atoms with E-state index in [1.54, 1.807) is 12.4 Å². The van der Waals surface area contributed by atoms with Gasteiger partial charge in [0.1, 0.15) is 5.82 Å². The summed E-state index contributed by atoms with van der Waals surface area (Å²) in [6, 6.07) is 6.22. The third-order valence-corrected chi connectivity index (χ3v) is 5.57. The van der Waals surface area contributed by atoms with E-state index in [0.717, 1.165) is 66.5 Å². The molecule has 1 aliphatic heterocycles. The van der Waals surface area contributed by atoms with Crippen LogP contribution in [0.2, 0.25) is 0 Å². The Hall–Kier alpha value is -2.93. The number of aromatic nitrogens is 3. The molecule has 27 heavy (non-hydrogen) atoms. The van der Waals surface area contributed by atoms with Gasteiger partial charge in [0.25, 0.3) is 0 Å². The van der Waals surface area contributed by atoms with E-state index in [1.807, 2.05) is 18.3 Å². The first-order chi connectivity index (χ1) is 13.3. The van der Waals surface area contributed by atoms with E-state index < -0.39 is 0 Å². The number of rotatable bonds is 3. The van der Waals surface area contributed by atoms with Crippen LogP contribution in [0, 0.1) is 0 Å². The second kappa shape index (κ2) is 6.66. The molecule has 5 rings (SSSR count). The smallest absolute Gasteiger partial charge is 0.157 e. The van der Waals surface area contributed by atoms with Crippen molar-refractivity contribution in [2.75, 3.05) is 18.4 Å². The van der Waals surface area contributed by atoms with Gasteiger partial charge in [-0.25, -0.2) is 4.98 Å². The first kappa shape index (κ1) is 16.3. The molecule has 1 aliphatic carbocycles. The van der Waals surface area contributed by atoms with Gasteiger partial charge in [-0.05, 0) is 49.9 Å². The summed E-state index contributed by atoms with van der Waals surface area (Å²) in [5, 5.41) is 19.6. The normalized spacial score (nSPS) is 20.9. The van der Waals surface area contributed by atoms with Crippen LogP contribution in [0.3, 0.4) is 0 Å². The van der Waals surface area contributed by atoms with Crippen LogP contribution in [0.15, 0.2) is 41.9 Å². The monoisotopic (exact) mass is 362 g/mol. The van der Waals surface area contributed by atoms with Gasteiger partial charge in [0, 0.05) is 36.1 Å². The predicted molar refractivity (Wildman–Crippen MR) is 104 cm³/mol. The van der Waals surface area contributed by atoms with E-state index in [1.165, 1.54) is 12.0 Å². The molecule has 1 atom stereocenters. The Morgan fingerprint density at radius 1 is 1.30 bits per heavy atom. The molecule has 7 heteroatoms. The van der Waals surface area contributed by atoms with Gasteiger partial charge in [-0.15, -0.1) is 0 Å². The fourth-order valence-corrected chi connectivity index (χ4v) is 4.21. The Morgan fingerprint density at radius 3 is 3.11 bits per heavy atom. The van der Waals surface area contributed by atoms with Gasteiger partial charge in [0.05, 0.1) is 17.6 Å². The molecule has 1 aromatic carbocycles. The first-order valence-corrected chi connectivity index (χ1v) is 9.47. The Kier molecular flexibility index (Phi) is 4.01. The largest absolute Gasteiger partial charge is 0.411 e. The van der Waals surface area contributed by atoms with Gasteiger partial charge in [-0.2, -0.15) is 0 Å². The Bertz CT molecular complexity index is 1020. The van der Waals surface area contributed by atoms with Crippen molar-refractivity contribution in [1.29, 1.82) is 0 Å². The standard InChI is InChI=1S/C20H22N6O/c27-25-17-6-3-13-10-15(4-5-16(13)17)23-20-19(14-2-1-7-21-11-14)24-18-12-22-8-9-26(18)20/h4-5,8-10,12,14,21,23,27H,1-3,6-7,11H2/b25-17+. The number of imidazole rings is 1. The molecule has 0 radical (unpaired) electrons. The van der Waals surface area contributed by atoms with Crippen molar-refractivity contribution in [2.45, 2.75) is 31.6 Å². The number of piperidine rings is 1. The van der Waals surface area contributed by atoms with Crippen LogP contribution in [0.4, 0.5) is 11.5 Å². The predicted octanol–water partition coefficient (Wildman–Crippen LogP) is 3.06. The number of nitrogens with zero attached hydrogens (tertiary/aromatic N) is 4. The number of hydrogen-bond donors (Lipinski definition) is 3. The minimum atomic E-state index is 0.392. The Labute approximate surface area is 157 Å². The lowest BCUT2D eigenvalue weighted by Gasteiger charge is -2.22. The molecule has 3 aromatic rings. The van der Waals surface area contributed by atoms with Gasteiger partial charge < -0.3 is 15.8 Å². The van der Waals surface area contributed by atoms with Gasteiger partial charge in [0.15, 0.2) is 5.65 Å². The second-order valence-corrected chi connectivity index (χ2v) is 7.24. The average Bonchev–Trinajstić information content (AvgIpc) is 3.30. The van der Waals surface area contributed by atoms with Crippen molar-refractivity contribution in [3.8, 4) is 0 Å². The summed E-state index contributed by atoms with van der Waals surface area (Å²) in [7, 11) is 0. The molecular formula is C20H22N6O. The van der Waals surface area contributed by atoms with Crippen molar-refractivity contribution in [3.63, 3.8) is 0 Å². The lowest BCUT2D eigenvalue weighted by atomic mass is 9.96. The van der Waals surface area contributed by atoms with E-state index in [-0.39, 0.29) is 0 Å². The van der Waals surface area contributed by atoms with Crippen LogP contribution in [0.5, 0.6) is 0 Å². The molecule has 0 amide bonds. The highest BCUT2D eigenvalue weighted by Gasteiger charge is 2.24. The van der Waals surface area contributed by atoms with E-state index in [9.17, 15) is 0 Å². The number of oxime groups is 1. The minimum absolute atomic E-state index is 0.392. The SMILES string of the molecule is O/N=C1\CCc2cc(Nc3c(C4CCCNC4)nc4cnccn34)ccc21. The summed E-state index contributed by atoms with van der Waals surface area (Å²) < 4.78 is 2.07. The molecule has 3 N–H and O–H groups in total. The van der Waals surface area contributed by atoms with E-state index >= 15 is 0 Å². The van der Waals surface area contributed by atoms with Crippen molar-refractivity contribution in [1.82, 2.24) is 19.7 Å². The summed E-state index contributed by atoms with van der Waals surface area (Å²) in [4.78, 5) is 9.10. The van der Waals surface area contributed by atoms with Gasteiger partial charge in [-0.3, -0.25) is 9.38 Å². The Balaban J connectivity index is 1.54. The molecule has 1 saturated heterocycles. The zero-order valence-corrected chi connectivity index (χ0v) is 15.0. The number of nitrogens with one attached hydrogen (secondary N) is 2. The maximum atomic E-state index is 9.14. The quantitative estimate of drug-likeness (QED) is 0.492. The molecule has 2 aromatic heterocycles. The van der Waals surface area contributed by atoms with E-state index in [4.69, 9.17) is 10.2 Å². The van der Waals surface area contributed by atoms with Crippen LogP contribution in [-0.2, 0) is 6.42 Å². The van der Waals surface area contributed by atoms with E-state index in [2.05, 4.69) is 31.2 Å². The molecule has 2 aliphatic rings. The van der Waals surface area contributed by atoms with Gasteiger partial charge >= 0.3 is 0 Å². The fourth-order valence-electron chi connectivity index (χ4n) is 4.21. The summed E-state index contributed by atoms with van der Waals surface area (Å²) in [5.74, 6) is 1.40. The number of hydrogen-bond acceptors (Lipinski definition) is 6. The average molecular weight is 362 g/mol. The minimum Gasteiger partial charge on any atom is -0.411 e. The van der Waals surface area contributed by atoms with Crippen LogP contribution in [0.1, 0.15) is 42.0 Å². The summed E-state index contributed by atoms with van der Waals surface area (Å²) >= 11 is 0. The third kappa shape index (κ3) is 2.84. The topological polar surface area (TPSA) is 86.8 Å². The number of anilines is 2. The number of aryl methyl sites for hydroxylation is 1. The summed E-state index contributed by atoms with van der Waals surface area (Å²) in [6.45, 7) is 2.03. The highest BCUT2D eigenvalue weighted by Crippen LogP contribution is 2.33. The highest BCUT2D eigenvalue weighted by atomic mass is 16.4. The van der Waals surface area contributed by atoms with Crippen molar-refractivity contribution in [2.24, 2.45) is 5.16 Å². The lowest BCUT2D eigenvalue weighted by molar-refractivity contribution is 0.318. The van der Waals surface area contributed by atoms with Crippen molar-refractivity contribution in [3.05, 3.63) is 53.6 Å². The molecule has 1 fully saturated rings. The van der Waals surface area contributed by atoms with Crippen LogP contribution in [-0.4, -0.2) is 38.4 Å². The van der Waals surface area contributed by atoms with E-state index in [0.29, 0.717) is 5.92 Å².